The number of ether oxygens (including phenoxy) is 2. The van der Waals surface area contributed by atoms with Crippen LogP contribution in [0.4, 0.5) is 5.00 Å². The molecule has 1 aromatic heterocycles. The lowest BCUT2D eigenvalue weighted by molar-refractivity contribution is 0.0951. The van der Waals surface area contributed by atoms with E-state index in [2.05, 4.69) is 15.0 Å². The SMILES string of the molecule is CNc1snc(C)c1C(=O)NCc1cc(Cl)c2c(c1)OCCCO2. The highest BCUT2D eigenvalue weighted by Gasteiger charge is 2.19. The molecule has 0 saturated carbocycles. The monoisotopic (exact) mass is 367 g/mol. The van der Waals surface area contributed by atoms with Gasteiger partial charge in [-0.05, 0) is 36.2 Å². The van der Waals surface area contributed by atoms with E-state index in [4.69, 9.17) is 21.1 Å². The number of aromatic nitrogens is 1. The van der Waals surface area contributed by atoms with Gasteiger partial charge in [0.15, 0.2) is 11.5 Å². The van der Waals surface area contributed by atoms with E-state index in [-0.39, 0.29) is 5.91 Å². The van der Waals surface area contributed by atoms with Gasteiger partial charge in [0.2, 0.25) is 0 Å². The van der Waals surface area contributed by atoms with Gasteiger partial charge in [-0.2, -0.15) is 4.37 Å². The number of halogens is 1. The first-order valence-electron chi connectivity index (χ1n) is 7.60. The predicted molar refractivity (Wildman–Crippen MR) is 94.6 cm³/mol. The molecule has 0 aliphatic carbocycles. The van der Waals surface area contributed by atoms with Crippen LogP contribution < -0.4 is 20.1 Å². The van der Waals surface area contributed by atoms with Gasteiger partial charge in [-0.3, -0.25) is 4.79 Å². The largest absolute Gasteiger partial charge is 0.489 e. The van der Waals surface area contributed by atoms with Gasteiger partial charge in [-0.15, -0.1) is 0 Å². The second-order valence-electron chi connectivity index (χ2n) is 5.36. The maximum atomic E-state index is 12.4. The summed E-state index contributed by atoms with van der Waals surface area (Å²) in [6.07, 6.45) is 0.814. The molecule has 0 radical (unpaired) electrons. The van der Waals surface area contributed by atoms with E-state index in [1.54, 1.807) is 13.1 Å². The van der Waals surface area contributed by atoms with Crippen LogP contribution in [-0.4, -0.2) is 30.5 Å². The van der Waals surface area contributed by atoms with E-state index in [1.807, 2.05) is 13.0 Å². The third-order valence-electron chi connectivity index (χ3n) is 3.63. The Hall–Kier alpha value is -1.99. The Bertz CT molecular complexity index is 763. The van der Waals surface area contributed by atoms with Gasteiger partial charge in [0.05, 0.1) is 29.5 Å². The number of hydrogen-bond donors (Lipinski definition) is 2. The highest BCUT2D eigenvalue weighted by molar-refractivity contribution is 7.10. The lowest BCUT2D eigenvalue weighted by Gasteiger charge is -2.12. The maximum Gasteiger partial charge on any atom is 0.256 e. The normalized spacial score (nSPS) is 13.3. The van der Waals surface area contributed by atoms with Crippen molar-refractivity contribution in [3.05, 3.63) is 34.0 Å². The number of carbonyl (C=O) groups excluding carboxylic acids is 1. The molecule has 1 aliphatic heterocycles. The number of nitrogens with one attached hydrogen (secondary N) is 2. The van der Waals surface area contributed by atoms with Crippen LogP contribution in [0.25, 0.3) is 0 Å². The zero-order valence-corrected chi connectivity index (χ0v) is 15.0. The Labute approximate surface area is 149 Å². The standard InChI is InChI=1S/C16H18ClN3O3S/c1-9-13(16(18-2)24-20-9)15(21)19-8-10-6-11(17)14-12(7-10)22-4-3-5-23-14/h6-7,18H,3-5,8H2,1-2H3,(H,19,21). The summed E-state index contributed by atoms with van der Waals surface area (Å²) in [7, 11) is 1.77. The van der Waals surface area contributed by atoms with Crippen LogP contribution in [0.1, 0.15) is 28.0 Å². The van der Waals surface area contributed by atoms with Gasteiger partial charge >= 0.3 is 0 Å². The molecule has 0 unspecified atom stereocenters. The van der Waals surface area contributed by atoms with Crippen molar-refractivity contribution >= 4 is 34.0 Å². The van der Waals surface area contributed by atoms with Crippen molar-refractivity contribution in [2.24, 2.45) is 0 Å². The second-order valence-corrected chi connectivity index (χ2v) is 6.54. The zero-order chi connectivity index (χ0) is 17.1. The minimum atomic E-state index is -0.172. The quantitative estimate of drug-likeness (QED) is 0.867. The molecule has 6 nitrogen and oxygen atoms in total. The van der Waals surface area contributed by atoms with Crippen LogP contribution in [0.2, 0.25) is 5.02 Å². The van der Waals surface area contributed by atoms with Crippen LogP contribution in [-0.2, 0) is 6.54 Å². The smallest absolute Gasteiger partial charge is 0.256 e. The van der Waals surface area contributed by atoms with Crippen molar-refractivity contribution < 1.29 is 14.3 Å². The third kappa shape index (κ3) is 3.42. The molecule has 0 atom stereocenters. The minimum Gasteiger partial charge on any atom is -0.489 e. The van der Waals surface area contributed by atoms with Crippen molar-refractivity contribution in [3.8, 4) is 11.5 Å². The Balaban J connectivity index is 1.75. The fourth-order valence-electron chi connectivity index (χ4n) is 2.46. The highest BCUT2D eigenvalue weighted by Crippen LogP contribution is 2.38. The summed E-state index contributed by atoms with van der Waals surface area (Å²) in [4.78, 5) is 12.4. The molecule has 1 aromatic carbocycles. The van der Waals surface area contributed by atoms with Crippen LogP contribution in [0.15, 0.2) is 12.1 Å². The Morgan fingerprint density at radius 1 is 1.38 bits per heavy atom. The second kappa shape index (κ2) is 7.27. The predicted octanol–water partition coefficient (Wildman–Crippen LogP) is 3.24. The number of benzene rings is 1. The number of hydrogen-bond acceptors (Lipinski definition) is 6. The average Bonchev–Trinajstić information content (AvgIpc) is 2.79. The number of rotatable bonds is 4. The van der Waals surface area contributed by atoms with Gasteiger partial charge in [0.1, 0.15) is 5.00 Å². The van der Waals surface area contributed by atoms with Crippen molar-refractivity contribution in [1.82, 2.24) is 9.69 Å². The van der Waals surface area contributed by atoms with E-state index >= 15 is 0 Å². The van der Waals surface area contributed by atoms with Gasteiger partial charge in [-0.1, -0.05) is 11.6 Å². The molecule has 0 saturated heterocycles. The summed E-state index contributed by atoms with van der Waals surface area (Å²) < 4.78 is 15.5. The highest BCUT2D eigenvalue weighted by atomic mass is 35.5. The molecule has 1 amide bonds. The lowest BCUT2D eigenvalue weighted by atomic mass is 10.2. The molecular weight excluding hydrogens is 350 g/mol. The molecule has 2 aromatic rings. The fraction of sp³-hybridized carbons (Fsp3) is 0.375. The summed E-state index contributed by atoms with van der Waals surface area (Å²) in [6, 6.07) is 3.64. The molecule has 24 heavy (non-hydrogen) atoms. The first-order valence-corrected chi connectivity index (χ1v) is 8.75. The van der Waals surface area contributed by atoms with E-state index in [0.29, 0.717) is 47.5 Å². The summed E-state index contributed by atoms with van der Waals surface area (Å²) in [5.41, 5.74) is 2.13. The number of nitrogens with zero attached hydrogens (tertiary/aromatic N) is 1. The van der Waals surface area contributed by atoms with Crippen molar-refractivity contribution in [1.29, 1.82) is 0 Å². The van der Waals surface area contributed by atoms with Crippen LogP contribution >= 0.6 is 23.1 Å². The molecule has 1 aliphatic rings. The molecule has 0 spiro atoms. The zero-order valence-electron chi connectivity index (χ0n) is 13.4. The van der Waals surface area contributed by atoms with E-state index in [0.717, 1.165) is 17.0 Å². The molecule has 8 heteroatoms. The Morgan fingerprint density at radius 2 is 2.17 bits per heavy atom. The fourth-order valence-corrected chi connectivity index (χ4v) is 3.50. The summed E-state index contributed by atoms with van der Waals surface area (Å²) in [5.74, 6) is 1.02. The number of aryl methyl sites for hydroxylation is 1. The average molecular weight is 368 g/mol. The van der Waals surface area contributed by atoms with Crippen molar-refractivity contribution in [2.45, 2.75) is 19.9 Å². The maximum absolute atomic E-state index is 12.4. The number of amides is 1. The first-order chi connectivity index (χ1) is 11.6. The first kappa shape index (κ1) is 16.9. The third-order valence-corrected chi connectivity index (χ3v) is 4.87. The molecule has 0 fully saturated rings. The van der Waals surface area contributed by atoms with Crippen molar-refractivity contribution in [3.63, 3.8) is 0 Å². The van der Waals surface area contributed by atoms with E-state index in [1.165, 1.54) is 11.5 Å². The van der Waals surface area contributed by atoms with Gasteiger partial charge in [0.25, 0.3) is 5.91 Å². The number of anilines is 1. The summed E-state index contributed by atoms with van der Waals surface area (Å²) >= 11 is 7.54. The molecule has 128 valence electrons. The van der Waals surface area contributed by atoms with Gasteiger partial charge < -0.3 is 20.1 Å². The summed E-state index contributed by atoms with van der Waals surface area (Å²) in [5, 5.41) is 7.13. The van der Waals surface area contributed by atoms with E-state index in [9.17, 15) is 4.79 Å². The van der Waals surface area contributed by atoms with Crippen LogP contribution in [0, 0.1) is 6.92 Å². The van der Waals surface area contributed by atoms with E-state index < -0.39 is 0 Å². The molecule has 2 heterocycles. The molecule has 0 bridgehead atoms. The lowest BCUT2D eigenvalue weighted by Crippen LogP contribution is -2.24. The molecule has 2 N–H and O–H groups in total. The topological polar surface area (TPSA) is 72.5 Å². The van der Waals surface area contributed by atoms with Gasteiger partial charge in [0, 0.05) is 20.0 Å². The Morgan fingerprint density at radius 3 is 2.96 bits per heavy atom. The molecule has 3 rings (SSSR count). The van der Waals surface area contributed by atoms with Gasteiger partial charge in [-0.25, -0.2) is 0 Å². The van der Waals surface area contributed by atoms with Crippen LogP contribution in [0.3, 0.4) is 0 Å². The minimum absolute atomic E-state index is 0.172. The Kier molecular flexibility index (Phi) is 5.11. The number of fused-ring (bicyclic) bond motifs is 1. The number of carbonyl (C=O) groups is 1. The molecular formula is C16H18ClN3O3S. The summed E-state index contributed by atoms with van der Waals surface area (Å²) in [6.45, 7) is 3.33. The van der Waals surface area contributed by atoms with Crippen LogP contribution in [0.5, 0.6) is 11.5 Å². The van der Waals surface area contributed by atoms with Crippen molar-refractivity contribution in [2.75, 3.05) is 25.6 Å².